The predicted octanol–water partition coefficient (Wildman–Crippen LogP) is 1.83. The Morgan fingerprint density at radius 1 is 1.36 bits per heavy atom. The van der Waals surface area contributed by atoms with E-state index in [2.05, 4.69) is 5.09 Å². The van der Waals surface area contributed by atoms with Gasteiger partial charge in [-0.2, -0.15) is 0 Å². The molecule has 156 valence electrons. The van der Waals surface area contributed by atoms with Crippen LogP contribution in [0.3, 0.4) is 0 Å². The van der Waals surface area contributed by atoms with Gasteiger partial charge in [-0.1, -0.05) is 12.1 Å². The average Bonchev–Trinajstić information content (AvgIpc) is 3.14. The van der Waals surface area contributed by atoms with Crippen LogP contribution in [0.5, 0.6) is 5.75 Å². The molecule has 1 aromatic carbocycles. The molecule has 1 aliphatic heterocycles. The van der Waals surface area contributed by atoms with Gasteiger partial charge in [-0.3, -0.25) is 0 Å². The topological polar surface area (TPSA) is 87.6 Å². The minimum absolute atomic E-state index is 0.140. The van der Waals surface area contributed by atoms with Crippen LogP contribution in [0.1, 0.15) is 25.2 Å². The predicted molar refractivity (Wildman–Crippen MR) is 109 cm³/mol. The third kappa shape index (κ3) is 8.99. The van der Waals surface area contributed by atoms with Gasteiger partial charge in [0.25, 0.3) is 0 Å². The largest absolute Gasteiger partial charge is 0.340 e. The van der Waals surface area contributed by atoms with Crippen LogP contribution < -0.4 is 9.82 Å². The summed E-state index contributed by atoms with van der Waals surface area (Å²) in [7, 11) is 1.63. The Morgan fingerprint density at radius 2 is 2.11 bits per heavy atom. The monoisotopic (exact) mass is 625 g/mol. The zero-order valence-corrected chi connectivity index (χ0v) is 22.3. The molecule has 4 atom stereocenters. The molecule has 1 aliphatic rings. The number of rotatable bonds is 13. The van der Waals surface area contributed by atoms with Gasteiger partial charge in [0, 0.05) is 5.56 Å². The number of hydrogen-bond acceptors (Lipinski definition) is 7. The maximum Gasteiger partial charge on any atom is -0.0195 e. The molecule has 1 saturated heterocycles. The first kappa shape index (κ1) is 24.6. The number of ether oxygens (including phenoxy) is 4. The molecule has 4 unspecified atom stereocenters. The summed E-state index contributed by atoms with van der Waals surface area (Å²) in [5.41, 5.74) is 0.938. The zero-order valence-electron chi connectivity index (χ0n) is 16.1. The van der Waals surface area contributed by atoms with E-state index in [4.69, 9.17) is 38.0 Å². The fraction of sp³-hybridized carbons (Fsp3) is 0.647. The Labute approximate surface area is 187 Å². The van der Waals surface area contributed by atoms with E-state index in [1.807, 2.05) is 31.2 Å². The quantitative estimate of drug-likeness (QED) is 0.194. The van der Waals surface area contributed by atoms with Gasteiger partial charge in [0.15, 0.2) is 6.29 Å². The number of benzene rings is 1. The smallest absolute Gasteiger partial charge is 0.0195 e. The molecule has 0 aliphatic carbocycles. The maximum absolute atomic E-state index is 10.1. The SMILES string of the molecule is COc1ccc(C2OCC(COCCNP(O)(=S)OC(C)CC[O][Tl])O2)cc1. The van der Waals surface area contributed by atoms with Crippen LogP contribution >= 0.6 is 6.64 Å². The van der Waals surface area contributed by atoms with E-state index in [0.717, 1.165) is 11.3 Å². The van der Waals surface area contributed by atoms with E-state index in [1.165, 1.54) is 0 Å². The van der Waals surface area contributed by atoms with Crippen LogP contribution in [0.2, 0.25) is 0 Å². The van der Waals surface area contributed by atoms with E-state index < -0.39 is 12.9 Å². The third-order valence-electron chi connectivity index (χ3n) is 3.96. The van der Waals surface area contributed by atoms with Gasteiger partial charge in [0.2, 0.25) is 0 Å². The van der Waals surface area contributed by atoms with Crippen LogP contribution in [0.15, 0.2) is 24.3 Å². The van der Waals surface area contributed by atoms with Crippen molar-refractivity contribution in [1.82, 2.24) is 5.09 Å². The summed E-state index contributed by atoms with van der Waals surface area (Å²) in [6, 6.07) is 7.58. The second-order valence-corrected chi connectivity index (χ2v) is 10.6. The first-order valence-electron chi connectivity index (χ1n) is 9.00. The van der Waals surface area contributed by atoms with Crippen molar-refractivity contribution in [3.05, 3.63) is 29.8 Å². The molecule has 2 N–H and O–H groups in total. The normalized spacial score (nSPS) is 22.6. The Kier molecular flexibility index (Phi) is 11.3. The molecule has 0 bridgehead atoms. The first-order chi connectivity index (χ1) is 13.4. The van der Waals surface area contributed by atoms with Gasteiger partial charge in [0.05, 0.1) is 13.7 Å². The summed E-state index contributed by atoms with van der Waals surface area (Å²) < 4.78 is 32.9. The van der Waals surface area contributed by atoms with Gasteiger partial charge in [0.1, 0.15) is 5.75 Å². The van der Waals surface area contributed by atoms with Crippen molar-refractivity contribution in [3.8, 4) is 5.75 Å². The van der Waals surface area contributed by atoms with Crippen LogP contribution in [-0.4, -0.2) is 83.4 Å². The number of nitrogens with one attached hydrogen (secondary N) is 1. The number of hydrogen-bond donors (Lipinski definition) is 2. The van der Waals surface area contributed by atoms with Crippen molar-refractivity contribution < 1.29 is 31.1 Å². The van der Waals surface area contributed by atoms with Crippen LogP contribution in [-0.2, 0) is 33.2 Å². The van der Waals surface area contributed by atoms with E-state index in [-0.39, 0.29) is 12.2 Å². The van der Waals surface area contributed by atoms with Crippen molar-refractivity contribution in [2.75, 3.05) is 40.1 Å². The first-order valence-corrected chi connectivity index (χ1v) is 13.5. The molecule has 1 heterocycles. The minimum atomic E-state index is -3.02. The van der Waals surface area contributed by atoms with Crippen molar-refractivity contribution in [3.63, 3.8) is 0 Å². The third-order valence-corrected chi connectivity index (χ3v) is 6.79. The van der Waals surface area contributed by atoms with Gasteiger partial charge in [-0.25, -0.2) is 0 Å². The second kappa shape index (κ2) is 12.9. The van der Waals surface area contributed by atoms with E-state index >= 15 is 0 Å². The van der Waals surface area contributed by atoms with E-state index in [9.17, 15) is 4.89 Å². The van der Waals surface area contributed by atoms with E-state index in [1.54, 1.807) is 7.11 Å². The zero-order chi connectivity index (χ0) is 20.4. The Balaban J connectivity index is 1.60. The Bertz CT molecular complexity index is 624. The molecule has 0 amide bonds. The molecule has 1 aromatic rings. The Morgan fingerprint density at radius 3 is 2.79 bits per heavy atom. The van der Waals surface area contributed by atoms with Gasteiger partial charge in [-0.05, 0) is 12.1 Å². The van der Waals surface area contributed by atoms with Crippen molar-refractivity contribution in [2.24, 2.45) is 0 Å². The van der Waals surface area contributed by atoms with Gasteiger partial charge < -0.3 is 14.2 Å². The molecule has 0 aromatic heterocycles. The van der Waals surface area contributed by atoms with Crippen LogP contribution in [0.4, 0.5) is 0 Å². The van der Waals surface area contributed by atoms with Crippen molar-refractivity contribution in [1.29, 1.82) is 0 Å². The molecule has 28 heavy (non-hydrogen) atoms. The molecule has 0 radical (unpaired) electrons. The molecule has 0 saturated carbocycles. The summed E-state index contributed by atoms with van der Waals surface area (Å²) >= 11 is 5.61. The summed E-state index contributed by atoms with van der Waals surface area (Å²) in [6.07, 6.45) is 0.0226. The van der Waals surface area contributed by atoms with Crippen molar-refractivity contribution >= 4 is 44.7 Å². The second-order valence-electron chi connectivity index (χ2n) is 6.28. The average molecular weight is 625 g/mol. The molecule has 1 fully saturated rings. The standard InChI is InChI=1S/C17H27NO7PS.Tl/c1-13(7-9-19)25-26(20,27)18-8-10-22-11-16-12-23-17(24-16)14-3-5-15(21-2)6-4-14;/h3-6,13,16-17H,7-12H2,1-2H3,(H2,18,20,27);/q-1;+1. The van der Waals surface area contributed by atoms with Gasteiger partial charge >= 0.3 is 119 Å². The fourth-order valence-electron chi connectivity index (χ4n) is 2.51. The molecule has 0 spiro atoms. The van der Waals surface area contributed by atoms with Crippen LogP contribution in [0, 0.1) is 0 Å². The summed E-state index contributed by atoms with van der Waals surface area (Å²) in [5, 5.41) is 2.86. The number of methoxy groups -OCH3 is 1. The molecular weight excluding hydrogens is 598 g/mol. The fourth-order valence-corrected chi connectivity index (χ4v) is 4.80. The van der Waals surface area contributed by atoms with Crippen molar-refractivity contribution in [2.45, 2.75) is 31.8 Å². The molecule has 2 rings (SSSR count). The maximum atomic E-state index is 10.1. The molecule has 8 nitrogen and oxygen atoms in total. The summed E-state index contributed by atoms with van der Waals surface area (Å²) in [5.74, 6) is 0.790. The van der Waals surface area contributed by atoms with E-state index in [0.29, 0.717) is 65.6 Å². The molecular formula is C17H27NO7PSTl. The van der Waals surface area contributed by atoms with Crippen LogP contribution in [0.25, 0.3) is 0 Å². The summed E-state index contributed by atoms with van der Waals surface area (Å²) in [4.78, 5) is 10.1. The molecule has 11 heteroatoms. The van der Waals surface area contributed by atoms with Gasteiger partial charge in [-0.15, -0.1) is 0 Å². The summed E-state index contributed by atoms with van der Waals surface area (Å²) in [6.45, 7) is 1.13. The Hall–Kier alpha value is 0.312. The minimum Gasteiger partial charge on any atom is -0.340 e.